The monoisotopic (exact) mass is 384 g/mol. The summed E-state index contributed by atoms with van der Waals surface area (Å²) in [4.78, 5) is 12.0. The van der Waals surface area contributed by atoms with Crippen LogP contribution in [0.3, 0.4) is 0 Å². The molecular weight excluding hydrogens is 371 g/mol. The maximum Gasteiger partial charge on any atom is 0.280 e. The first kappa shape index (κ1) is 18.6. The number of aryl methyl sites for hydroxylation is 1. The molecule has 0 spiro atoms. The van der Waals surface area contributed by atoms with Crippen LogP contribution in [0.25, 0.3) is 0 Å². The molecule has 0 fully saturated rings. The summed E-state index contributed by atoms with van der Waals surface area (Å²) < 4.78 is 5.62. The number of carbonyl (C=O) groups is 1. The van der Waals surface area contributed by atoms with Crippen molar-refractivity contribution in [3.8, 4) is 5.75 Å². The number of hydrogen-bond acceptors (Lipinski definition) is 3. The van der Waals surface area contributed by atoms with Crippen LogP contribution in [-0.4, -0.2) is 18.2 Å². The van der Waals surface area contributed by atoms with E-state index in [4.69, 9.17) is 39.5 Å². The van der Waals surface area contributed by atoms with Gasteiger partial charge >= 0.3 is 0 Å². The van der Waals surface area contributed by atoms with Gasteiger partial charge in [0.15, 0.2) is 6.10 Å². The smallest absolute Gasteiger partial charge is 0.280 e. The molecule has 4 nitrogen and oxygen atoms in total. The Hall–Kier alpha value is -1.75. The number of hydrogen-bond donors (Lipinski definition) is 1. The highest BCUT2D eigenvalue weighted by atomic mass is 35.5. The van der Waals surface area contributed by atoms with Crippen molar-refractivity contribution in [3.63, 3.8) is 0 Å². The second-order valence-corrected chi connectivity index (χ2v) is 6.33. The summed E-state index contributed by atoms with van der Waals surface area (Å²) in [6, 6.07) is 10.2. The Balaban J connectivity index is 1.93. The van der Waals surface area contributed by atoms with Crippen LogP contribution in [0.15, 0.2) is 41.5 Å². The van der Waals surface area contributed by atoms with Gasteiger partial charge in [-0.15, -0.1) is 0 Å². The van der Waals surface area contributed by atoms with E-state index in [9.17, 15) is 4.79 Å². The van der Waals surface area contributed by atoms with Crippen LogP contribution < -0.4 is 10.2 Å². The van der Waals surface area contributed by atoms with E-state index in [0.29, 0.717) is 26.4 Å². The van der Waals surface area contributed by atoms with Crippen LogP contribution in [-0.2, 0) is 4.79 Å². The van der Waals surface area contributed by atoms with Crippen molar-refractivity contribution in [1.29, 1.82) is 0 Å². The van der Waals surface area contributed by atoms with Gasteiger partial charge in [0.2, 0.25) is 0 Å². The van der Waals surface area contributed by atoms with Crippen LogP contribution in [0.4, 0.5) is 0 Å². The van der Waals surface area contributed by atoms with Crippen molar-refractivity contribution in [1.82, 2.24) is 5.43 Å². The Bertz CT molecular complexity index is 778. The van der Waals surface area contributed by atoms with Crippen molar-refractivity contribution >= 4 is 46.9 Å². The third-order valence-corrected chi connectivity index (χ3v) is 4.12. The number of ether oxygens (including phenoxy) is 1. The fraction of sp³-hybridized carbons (Fsp3) is 0.176. The highest BCUT2D eigenvalue weighted by molar-refractivity contribution is 6.42. The third kappa shape index (κ3) is 5.13. The predicted molar refractivity (Wildman–Crippen MR) is 98.5 cm³/mol. The van der Waals surface area contributed by atoms with Gasteiger partial charge < -0.3 is 4.74 Å². The van der Waals surface area contributed by atoms with Crippen molar-refractivity contribution in [2.24, 2.45) is 5.10 Å². The summed E-state index contributed by atoms with van der Waals surface area (Å²) in [7, 11) is 0. The second-order valence-electron chi connectivity index (χ2n) is 5.08. The molecule has 0 saturated carbocycles. The van der Waals surface area contributed by atoms with E-state index in [1.165, 1.54) is 6.21 Å². The van der Waals surface area contributed by atoms with E-state index in [1.54, 1.807) is 43.3 Å². The molecule has 0 aliphatic rings. The number of nitrogens with zero attached hydrogens (tertiary/aromatic N) is 1. The average molecular weight is 386 g/mol. The van der Waals surface area contributed by atoms with E-state index in [0.717, 1.165) is 5.56 Å². The molecule has 0 heterocycles. The summed E-state index contributed by atoms with van der Waals surface area (Å²) >= 11 is 17.6. The van der Waals surface area contributed by atoms with Gasteiger partial charge in [0.25, 0.3) is 5.91 Å². The standard InChI is InChI=1S/C17H15Cl3N2O2/c1-10-7-13(18)4-6-16(10)24-11(2)17(23)22-21-9-12-3-5-14(19)15(20)8-12/h3-9,11H,1-2H3,(H,22,23)/b21-9+. The lowest BCUT2D eigenvalue weighted by Gasteiger charge is -2.14. The Labute approximate surface area is 155 Å². The van der Waals surface area contributed by atoms with Gasteiger partial charge in [-0.25, -0.2) is 5.43 Å². The number of amides is 1. The summed E-state index contributed by atoms with van der Waals surface area (Å²) in [5.41, 5.74) is 3.98. The van der Waals surface area contributed by atoms with E-state index in [2.05, 4.69) is 10.5 Å². The maximum absolute atomic E-state index is 12.0. The zero-order chi connectivity index (χ0) is 17.7. The topological polar surface area (TPSA) is 50.7 Å². The SMILES string of the molecule is Cc1cc(Cl)ccc1OC(C)C(=O)N/N=C/c1ccc(Cl)c(Cl)c1. The zero-order valence-electron chi connectivity index (χ0n) is 13.0. The first-order chi connectivity index (χ1) is 11.4. The maximum atomic E-state index is 12.0. The molecule has 0 saturated heterocycles. The molecule has 0 radical (unpaired) electrons. The molecule has 7 heteroatoms. The minimum Gasteiger partial charge on any atom is -0.481 e. The van der Waals surface area contributed by atoms with E-state index < -0.39 is 6.10 Å². The minimum atomic E-state index is -0.712. The van der Waals surface area contributed by atoms with Gasteiger partial charge in [-0.3, -0.25) is 4.79 Å². The first-order valence-corrected chi connectivity index (χ1v) is 8.21. The normalized spacial score (nSPS) is 12.2. The number of benzene rings is 2. The number of carbonyl (C=O) groups excluding carboxylic acids is 1. The second kappa shape index (κ2) is 8.38. The van der Waals surface area contributed by atoms with Crippen molar-refractivity contribution < 1.29 is 9.53 Å². The molecular formula is C17H15Cl3N2O2. The Kier molecular flexibility index (Phi) is 6.49. The summed E-state index contributed by atoms with van der Waals surface area (Å²) in [6.07, 6.45) is 0.760. The number of hydrazone groups is 1. The molecule has 2 aromatic carbocycles. The van der Waals surface area contributed by atoms with Gasteiger partial charge in [-0.1, -0.05) is 40.9 Å². The fourth-order valence-electron chi connectivity index (χ4n) is 1.84. The summed E-state index contributed by atoms with van der Waals surface area (Å²) in [5.74, 6) is 0.219. The highest BCUT2D eigenvalue weighted by Crippen LogP contribution is 2.23. The number of rotatable bonds is 5. The van der Waals surface area contributed by atoms with Crippen molar-refractivity contribution in [2.45, 2.75) is 20.0 Å². The van der Waals surface area contributed by atoms with Gasteiger partial charge in [-0.2, -0.15) is 5.10 Å². The van der Waals surface area contributed by atoms with E-state index >= 15 is 0 Å². The summed E-state index contributed by atoms with van der Waals surface area (Å²) in [6.45, 7) is 3.49. The van der Waals surface area contributed by atoms with Crippen LogP contribution in [0.1, 0.15) is 18.1 Å². The lowest BCUT2D eigenvalue weighted by atomic mass is 10.2. The quantitative estimate of drug-likeness (QED) is 0.589. The molecule has 1 N–H and O–H groups in total. The Morgan fingerprint density at radius 3 is 2.58 bits per heavy atom. The molecule has 0 aromatic heterocycles. The zero-order valence-corrected chi connectivity index (χ0v) is 15.3. The van der Waals surface area contributed by atoms with E-state index in [1.807, 2.05) is 6.92 Å². The molecule has 0 aliphatic carbocycles. The average Bonchev–Trinajstić information content (AvgIpc) is 2.53. The van der Waals surface area contributed by atoms with Crippen LogP contribution >= 0.6 is 34.8 Å². The number of nitrogens with one attached hydrogen (secondary N) is 1. The summed E-state index contributed by atoms with van der Waals surface area (Å²) in [5, 5.41) is 5.37. The van der Waals surface area contributed by atoms with Gasteiger partial charge in [0.1, 0.15) is 5.75 Å². The van der Waals surface area contributed by atoms with Crippen LogP contribution in [0.5, 0.6) is 5.75 Å². The van der Waals surface area contributed by atoms with E-state index in [-0.39, 0.29) is 5.91 Å². The molecule has 1 unspecified atom stereocenters. The largest absolute Gasteiger partial charge is 0.481 e. The molecule has 0 aliphatic heterocycles. The molecule has 0 bridgehead atoms. The molecule has 2 rings (SSSR count). The lowest BCUT2D eigenvalue weighted by Crippen LogP contribution is -2.33. The van der Waals surface area contributed by atoms with Crippen LogP contribution in [0, 0.1) is 6.92 Å². The van der Waals surface area contributed by atoms with Crippen molar-refractivity contribution in [2.75, 3.05) is 0 Å². The molecule has 1 amide bonds. The Morgan fingerprint density at radius 2 is 1.92 bits per heavy atom. The minimum absolute atomic E-state index is 0.374. The Morgan fingerprint density at radius 1 is 1.17 bits per heavy atom. The third-order valence-electron chi connectivity index (χ3n) is 3.14. The van der Waals surface area contributed by atoms with Crippen molar-refractivity contribution in [3.05, 3.63) is 62.6 Å². The number of halogens is 3. The van der Waals surface area contributed by atoms with Gasteiger partial charge in [0, 0.05) is 5.02 Å². The highest BCUT2D eigenvalue weighted by Gasteiger charge is 2.15. The van der Waals surface area contributed by atoms with Gasteiger partial charge in [0.05, 0.1) is 16.3 Å². The fourth-order valence-corrected chi connectivity index (χ4v) is 2.38. The van der Waals surface area contributed by atoms with Crippen LogP contribution in [0.2, 0.25) is 15.1 Å². The predicted octanol–water partition coefficient (Wildman–Crippen LogP) is 4.87. The molecule has 2 aromatic rings. The first-order valence-electron chi connectivity index (χ1n) is 7.07. The molecule has 1 atom stereocenters. The molecule has 126 valence electrons. The lowest BCUT2D eigenvalue weighted by molar-refractivity contribution is -0.127. The molecule has 24 heavy (non-hydrogen) atoms. The van der Waals surface area contributed by atoms with Gasteiger partial charge in [-0.05, 0) is 55.3 Å².